The summed E-state index contributed by atoms with van der Waals surface area (Å²) in [7, 11) is 0. The molecule has 0 aromatic carbocycles. The number of fused-ring (bicyclic) bond motifs is 5. The molecule has 1 aliphatic heterocycles. The number of hydrogen-bond donors (Lipinski definition) is 0. The third-order valence-electron chi connectivity index (χ3n) is 6.15. The third-order valence-corrected chi connectivity index (χ3v) is 7.22. The minimum absolute atomic E-state index is 0.471. The van der Waals surface area contributed by atoms with Gasteiger partial charge in [0.25, 0.3) is 0 Å². The lowest BCUT2D eigenvalue weighted by atomic mass is 9.99. The minimum Gasteiger partial charge on any atom is -0.353 e. The van der Waals surface area contributed by atoms with Crippen LogP contribution in [0.3, 0.4) is 0 Å². The number of pyridine rings is 1. The van der Waals surface area contributed by atoms with Crippen molar-refractivity contribution in [1.82, 2.24) is 19.9 Å². The molecule has 0 amide bonds. The summed E-state index contributed by atoms with van der Waals surface area (Å²) >= 11 is 1.79. The Morgan fingerprint density at radius 2 is 1.85 bits per heavy atom. The highest BCUT2D eigenvalue weighted by Gasteiger charge is 2.26. The number of likely N-dealkylation sites (N-methyl/N-ethyl adjacent to an activating group) is 1. The van der Waals surface area contributed by atoms with Gasteiger partial charge in [0, 0.05) is 37.3 Å². The molecular formula is C21H27N5S. The van der Waals surface area contributed by atoms with Gasteiger partial charge in [-0.3, -0.25) is 0 Å². The molecule has 0 unspecified atom stereocenters. The number of thiophene rings is 1. The van der Waals surface area contributed by atoms with Gasteiger partial charge in [0.05, 0.1) is 10.2 Å². The van der Waals surface area contributed by atoms with Gasteiger partial charge < -0.3 is 9.80 Å². The van der Waals surface area contributed by atoms with Crippen LogP contribution >= 0.6 is 11.3 Å². The topological polar surface area (TPSA) is 45.2 Å². The first-order valence-corrected chi connectivity index (χ1v) is 11.0. The fourth-order valence-corrected chi connectivity index (χ4v) is 5.88. The van der Waals surface area contributed by atoms with Crippen LogP contribution in [-0.4, -0.2) is 52.6 Å². The normalized spacial score (nSPS) is 18.1. The Bertz CT molecular complexity index is 1000. The molecule has 6 heteroatoms. The quantitative estimate of drug-likeness (QED) is 0.686. The van der Waals surface area contributed by atoms with Gasteiger partial charge in [-0.2, -0.15) is 0 Å². The second-order valence-electron chi connectivity index (χ2n) is 8.04. The molecule has 2 aliphatic rings. The second kappa shape index (κ2) is 6.67. The summed E-state index contributed by atoms with van der Waals surface area (Å²) in [5.74, 6) is 1.58. The van der Waals surface area contributed by atoms with E-state index in [4.69, 9.17) is 15.0 Å². The van der Waals surface area contributed by atoms with Crippen molar-refractivity contribution in [3.05, 3.63) is 23.1 Å². The average Bonchev–Trinajstić information content (AvgIpc) is 3.31. The highest BCUT2D eigenvalue weighted by Crippen LogP contribution is 2.43. The van der Waals surface area contributed by atoms with E-state index in [0.717, 1.165) is 55.3 Å². The Morgan fingerprint density at radius 1 is 1.07 bits per heavy atom. The highest BCUT2D eigenvalue weighted by molar-refractivity contribution is 7.26. The number of aromatic nitrogens is 3. The molecule has 3 aromatic heterocycles. The van der Waals surface area contributed by atoms with Crippen LogP contribution in [0.5, 0.6) is 0 Å². The molecule has 1 aliphatic carbocycles. The summed E-state index contributed by atoms with van der Waals surface area (Å²) < 4.78 is 1.22. The van der Waals surface area contributed by atoms with E-state index >= 15 is 0 Å². The Morgan fingerprint density at radius 3 is 2.59 bits per heavy atom. The van der Waals surface area contributed by atoms with Crippen molar-refractivity contribution >= 4 is 37.6 Å². The van der Waals surface area contributed by atoms with E-state index in [1.165, 1.54) is 39.7 Å². The first kappa shape index (κ1) is 17.3. The molecule has 0 N–H and O–H groups in total. The molecular weight excluding hydrogens is 354 g/mol. The summed E-state index contributed by atoms with van der Waals surface area (Å²) in [6.45, 7) is 12.2. The molecule has 1 fully saturated rings. The molecule has 0 radical (unpaired) electrons. The first-order valence-electron chi connectivity index (χ1n) is 10.2. The zero-order chi connectivity index (χ0) is 18.5. The van der Waals surface area contributed by atoms with Crippen LogP contribution in [0.4, 0.5) is 5.82 Å². The molecule has 0 atom stereocenters. The lowest BCUT2D eigenvalue weighted by Gasteiger charge is -2.34. The Kier molecular flexibility index (Phi) is 4.28. The fourth-order valence-electron chi connectivity index (χ4n) is 4.69. The van der Waals surface area contributed by atoms with Gasteiger partial charge in [-0.05, 0) is 42.9 Å². The van der Waals surface area contributed by atoms with Crippen LogP contribution in [0.1, 0.15) is 49.9 Å². The van der Waals surface area contributed by atoms with Crippen molar-refractivity contribution in [3.63, 3.8) is 0 Å². The van der Waals surface area contributed by atoms with Crippen LogP contribution in [0.2, 0.25) is 0 Å². The largest absolute Gasteiger partial charge is 0.353 e. The lowest BCUT2D eigenvalue weighted by molar-refractivity contribution is 0.271. The molecule has 4 heterocycles. The Hall–Kier alpha value is -1.79. The SMILES string of the molecule is CCN1CCN(c2ncnc3c2sc2nc(C(C)C)c4c(c23)CCC4)CC1. The molecule has 27 heavy (non-hydrogen) atoms. The molecule has 5 nitrogen and oxygen atoms in total. The van der Waals surface area contributed by atoms with Gasteiger partial charge in [0.15, 0.2) is 0 Å². The molecule has 0 spiro atoms. The number of rotatable bonds is 3. The zero-order valence-electron chi connectivity index (χ0n) is 16.5. The van der Waals surface area contributed by atoms with E-state index in [0.29, 0.717) is 5.92 Å². The summed E-state index contributed by atoms with van der Waals surface area (Å²) in [6, 6.07) is 0. The standard InChI is InChI=1S/C21H27N5S/c1-4-25-8-10-26(11-9-25)20-19-18(22-12-23-20)16-14-6-5-7-15(14)17(13(2)3)24-21(16)27-19/h12-13H,4-11H2,1-3H3. The van der Waals surface area contributed by atoms with Crippen LogP contribution in [0, 0.1) is 0 Å². The highest BCUT2D eigenvalue weighted by atomic mass is 32.1. The van der Waals surface area contributed by atoms with Crippen LogP contribution in [-0.2, 0) is 12.8 Å². The van der Waals surface area contributed by atoms with E-state index in [-0.39, 0.29) is 0 Å². The maximum atomic E-state index is 5.12. The molecule has 142 valence electrons. The van der Waals surface area contributed by atoms with E-state index in [9.17, 15) is 0 Å². The molecule has 1 saturated heterocycles. The second-order valence-corrected chi connectivity index (χ2v) is 9.04. The van der Waals surface area contributed by atoms with E-state index in [2.05, 4.69) is 30.6 Å². The number of piperazine rings is 1. The average molecular weight is 382 g/mol. The van der Waals surface area contributed by atoms with E-state index in [1.807, 2.05) is 0 Å². The number of nitrogens with zero attached hydrogens (tertiary/aromatic N) is 5. The van der Waals surface area contributed by atoms with Crippen LogP contribution < -0.4 is 4.90 Å². The number of aryl methyl sites for hydroxylation is 1. The maximum Gasteiger partial charge on any atom is 0.150 e. The maximum absolute atomic E-state index is 5.12. The monoisotopic (exact) mass is 381 g/mol. The predicted molar refractivity (Wildman–Crippen MR) is 113 cm³/mol. The van der Waals surface area contributed by atoms with Crippen molar-refractivity contribution in [2.75, 3.05) is 37.6 Å². The van der Waals surface area contributed by atoms with Crippen LogP contribution in [0.15, 0.2) is 6.33 Å². The van der Waals surface area contributed by atoms with Gasteiger partial charge >= 0.3 is 0 Å². The van der Waals surface area contributed by atoms with Crippen molar-refractivity contribution in [2.24, 2.45) is 0 Å². The zero-order valence-corrected chi connectivity index (χ0v) is 17.3. The molecule has 3 aromatic rings. The molecule has 5 rings (SSSR count). The Balaban J connectivity index is 1.68. The van der Waals surface area contributed by atoms with E-state index < -0.39 is 0 Å². The summed E-state index contributed by atoms with van der Waals surface area (Å²) in [4.78, 5) is 20.7. The van der Waals surface area contributed by atoms with Gasteiger partial charge in [-0.25, -0.2) is 15.0 Å². The summed E-state index contributed by atoms with van der Waals surface area (Å²) in [6.07, 6.45) is 5.33. The van der Waals surface area contributed by atoms with Gasteiger partial charge in [-0.15, -0.1) is 11.3 Å². The smallest absolute Gasteiger partial charge is 0.150 e. The number of anilines is 1. The molecule has 0 bridgehead atoms. The lowest BCUT2D eigenvalue weighted by Crippen LogP contribution is -2.46. The predicted octanol–water partition coefficient (Wildman–Crippen LogP) is 3.99. The van der Waals surface area contributed by atoms with Crippen LogP contribution in [0.25, 0.3) is 20.4 Å². The van der Waals surface area contributed by atoms with Crippen molar-refractivity contribution in [1.29, 1.82) is 0 Å². The fraction of sp³-hybridized carbons (Fsp3) is 0.571. The van der Waals surface area contributed by atoms with Gasteiger partial charge in [0.2, 0.25) is 0 Å². The Labute approximate surface area is 164 Å². The minimum atomic E-state index is 0.471. The van der Waals surface area contributed by atoms with Gasteiger partial charge in [0.1, 0.15) is 17.0 Å². The number of hydrogen-bond acceptors (Lipinski definition) is 6. The summed E-state index contributed by atoms with van der Waals surface area (Å²) in [5, 5.41) is 1.31. The van der Waals surface area contributed by atoms with Gasteiger partial charge in [-0.1, -0.05) is 20.8 Å². The summed E-state index contributed by atoms with van der Waals surface area (Å²) in [5.41, 5.74) is 5.43. The van der Waals surface area contributed by atoms with Crippen molar-refractivity contribution in [2.45, 2.75) is 46.0 Å². The van der Waals surface area contributed by atoms with Crippen molar-refractivity contribution in [3.8, 4) is 0 Å². The third kappa shape index (κ3) is 2.72. The van der Waals surface area contributed by atoms with Crippen molar-refractivity contribution < 1.29 is 0 Å². The van der Waals surface area contributed by atoms with E-state index in [1.54, 1.807) is 17.7 Å². The molecule has 0 saturated carbocycles. The first-order chi connectivity index (χ1) is 13.2.